The molecule has 0 fully saturated rings. The molecule has 0 spiro atoms. The number of rotatable bonds is 15. The van der Waals surface area contributed by atoms with Crippen LogP contribution in [0.1, 0.15) is 20.3 Å². The molecule has 0 aromatic rings. The molecule has 2 atom stereocenters. The standard InChI is InChI=1S/C16H19F13O5/c1-3-33-10(34-4-2)9(31)8(5-6-32-7-30)11(17,18)12(19,20)13(21,22)14(23,24)15(25,26)16(27,28)29/h7-10,31H,3-6H2,1-2H3. The Labute approximate surface area is 183 Å². The molecule has 18 heteroatoms. The number of halogens is 13. The minimum atomic E-state index is -8.08. The van der Waals surface area contributed by atoms with Gasteiger partial charge in [-0.15, -0.1) is 0 Å². The van der Waals surface area contributed by atoms with Crippen LogP contribution in [0.2, 0.25) is 0 Å². The molecular weight excluding hydrogens is 519 g/mol. The topological polar surface area (TPSA) is 65.0 Å². The first-order valence-electron chi connectivity index (χ1n) is 9.05. The number of carbonyl (C=O) groups is 1. The minimum Gasteiger partial charge on any atom is -0.468 e. The quantitative estimate of drug-likeness (QED) is 0.142. The van der Waals surface area contributed by atoms with Gasteiger partial charge in [-0.05, 0) is 20.3 Å². The number of carbonyl (C=O) groups excluding carboxylic acids is 1. The monoisotopic (exact) mass is 538 g/mol. The van der Waals surface area contributed by atoms with Gasteiger partial charge in [-0.2, -0.15) is 57.1 Å². The summed E-state index contributed by atoms with van der Waals surface area (Å²) in [4.78, 5) is 10.2. The van der Waals surface area contributed by atoms with Gasteiger partial charge in [0.2, 0.25) is 0 Å². The van der Waals surface area contributed by atoms with Crippen molar-refractivity contribution >= 4 is 6.47 Å². The van der Waals surface area contributed by atoms with E-state index < -0.39 is 86.8 Å². The van der Waals surface area contributed by atoms with Crippen molar-refractivity contribution in [3.8, 4) is 0 Å². The lowest BCUT2D eigenvalue weighted by molar-refractivity contribution is -0.445. The number of aliphatic hydroxyl groups excluding tert-OH is 1. The Morgan fingerprint density at radius 3 is 1.50 bits per heavy atom. The molecule has 0 radical (unpaired) electrons. The number of ether oxygens (including phenoxy) is 3. The van der Waals surface area contributed by atoms with Gasteiger partial charge in [-0.1, -0.05) is 0 Å². The third kappa shape index (κ3) is 5.63. The minimum absolute atomic E-state index is 0.449. The van der Waals surface area contributed by atoms with E-state index in [9.17, 15) is 67.0 Å². The molecule has 0 aliphatic rings. The highest BCUT2D eigenvalue weighted by molar-refractivity contribution is 5.36. The normalized spacial score (nSPS) is 16.5. The van der Waals surface area contributed by atoms with Crippen molar-refractivity contribution < 1.29 is 81.2 Å². The summed E-state index contributed by atoms with van der Waals surface area (Å²) in [6.07, 6.45) is -14.6. The third-order valence-electron chi connectivity index (χ3n) is 4.39. The molecule has 0 aromatic carbocycles. The summed E-state index contributed by atoms with van der Waals surface area (Å²) in [6.45, 7) is -0.425. The van der Waals surface area contributed by atoms with Crippen LogP contribution in [0.3, 0.4) is 0 Å². The lowest BCUT2D eigenvalue weighted by Gasteiger charge is -2.43. The summed E-state index contributed by atoms with van der Waals surface area (Å²) < 4.78 is 188. The lowest BCUT2D eigenvalue weighted by atomic mass is 9.82. The second kappa shape index (κ2) is 11.0. The summed E-state index contributed by atoms with van der Waals surface area (Å²) in [5.74, 6) is -41.9. The van der Waals surface area contributed by atoms with Gasteiger partial charge in [-0.3, -0.25) is 4.79 Å². The molecule has 2 unspecified atom stereocenters. The first-order chi connectivity index (χ1) is 15.1. The Balaban J connectivity index is 6.66. The molecule has 5 nitrogen and oxygen atoms in total. The maximum absolute atomic E-state index is 14.6. The molecule has 1 N–H and O–H groups in total. The average molecular weight is 538 g/mol. The van der Waals surface area contributed by atoms with Crippen molar-refractivity contribution in [3.05, 3.63) is 0 Å². The zero-order valence-electron chi connectivity index (χ0n) is 17.1. The van der Waals surface area contributed by atoms with Crippen molar-refractivity contribution in [2.75, 3.05) is 19.8 Å². The predicted octanol–water partition coefficient (Wildman–Crippen LogP) is 4.66. The Hall–Kier alpha value is -1.56. The number of hydrogen-bond donors (Lipinski definition) is 1. The summed E-state index contributed by atoms with van der Waals surface area (Å²) in [6, 6.07) is 0. The van der Waals surface area contributed by atoms with Crippen LogP contribution in [0.4, 0.5) is 57.1 Å². The maximum atomic E-state index is 14.6. The van der Waals surface area contributed by atoms with Gasteiger partial charge >= 0.3 is 35.8 Å². The second-order valence-corrected chi connectivity index (χ2v) is 6.55. The van der Waals surface area contributed by atoms with Crippen LogP contribution in [-0.4, -0.2) is 79.6 Å². The maximum Gasteiger partial charge on any atom is 0.460 e. The molecule has 0 aliphatic carbocycles. The van der Waals surface area contributed by atoms with Gasteiger partial charge in [0.1, 0.15) is 6.10 Å². The molecule has 0 bridgehead atoms. The van der Waals surface area contributed by atoms with E-state index in [1.165, 1.54) is 0 Å². The smallest absolute Gasteiger partial charge is 0.460 e. The van der Waals surface area contributed by atoms with E-state index in [4.69, 9.17) is 0 Å². The van der Waals surface area contributed by atoms with Crippen molar-refractivity contribution in [2.45, 2.75) is 68.5 Å². The van der Waals surface area contributed by atoms with Crippen molar-refractivity contribution in [3.63, 3.8) is 0 Å². The van der Waals surface area contributed by atoms with E-state index in [1.807, 2.05) is 0 Å². The van der Waals surface area contributed by atoms with Crippen molar-refractivity contribution in [1.82, 2.24) is 0 Å². The second-order valence-electron chi connectivity index (χ2n) is 6.55. The van der Waals surface area contributed by atoms with Crippen LogP contribution >= 0.6 is 0 Å². The molecule has 34 heavy (non-hydrogen) atoms. The number of alkyl halides is 13. The van der Waals surface area contributed by atoms with Crippen LogP contribution < -0.4 is 0 Å². The van der Waals surface area contributed by atoms with Gasteiger partial charge in [0, 0.05) is 13.2 Å². The Morgan fingerprint density at radius 2 is 1.15 bits per heavy atom. The SMILES string of the molecule is CCOC(OCC)C(O)C(CCOC=O)C(F)(F)C(F)(F)C(F)(F)C(F)(F)C(F)(F)C(F)(F)F. The van der Waals surface area contributed by atoms with Crippen molar-refractivity contribution in [1.29, 1.82) is 0 Å². The summed E-state index contributed by atoms with van der Waals surface area (Å²) in [7, 11) is 0. The van der Waals surface area contributed by atoms with Crippen LogP contribution in [0.15, 0.2) is 0 Å². The highest BCUT2D eigenvalue weighted by Gasteiger charge is 2.91. The van der Waals surface area contributed by atoms with Gasteiger partial charge < -0.3 is 19.3 Å². The Morgan fingerprint density at radius 1 is 0.735 bits per heavy atom. The molecular formula is C16H19F13O5. The third-order valence-corrected chi connectivity index (χ3v) is 4.39. The van der Waals surface area contributed by atoms with Gasteiger partial charge in [0.25, 0.3) is 6.47 Å². The first kappa shape index (κ1) is 32.4. The van der Waals surface area contributed by atoms with Gasteiger partial charge in [-0.25, -0.2) is 0 Å². The fraction of sp³-hybridized carbons (Fsp3) is 0.938. The summed E-state index contributed by atoms with van der Waals surface area (Å²) >= 11 is 0. The zero-order chi connectivity index (χ0) is 27.4. The molecule has 0 rings (SSSR count). The lowest BCUT2D eigenvalue weighted by Crippen LogP contribution is -2.71. The van der Waals surface area contributed by atoms with E-state index in [-0.39, 0.29) is 0 Å². The van der Waals surface area contributed by atoms with E-state index >= 15 is 0 Å². The summed E-state index contributed by atoms with van der Waals surface area (Å²) in [5.41, 5.74) is 0. The molecule has 0 aliphatic heterocycles. The van der Waals surface area contributed by atoms with Crippen LogP contribution in [0.5, 0.6) is 0 Å². The molecule has 0 amide bonds. The van der Waals surface area contributed by atoms with Crippen LogP contribution in [0.25, 0.3) is 0 Å². The molecule has 0 aromatic heterocycles. The Bertz CT molecular complexity index is 648. The van der Waals surface area contributed by atoms with E-state index in [0.29, 0.717) is 0 Å². The summed E-state index contributed by atoms with van der Waals surface area (Å²) in [5, 5.41) is 10.0. The van der Waals surface area contributed by atoms with E-state index in [0.717, 1.165) is 13.8 Å². The van der Waals surface area contributed by atoms with Gasteiger partial charge in [0.15, 0.2) is 6.29 Å². The van der Waals surface area contributed by atoms with E-state index in [1.54, 1.807) is 0 Å². The molecule has 0 saturated heterocycles. The van der Waals surface area contributed by atoms with Crippen LogP contribution in [-0.2, 0) is 19.0 Å². The molecule has 0 saturated carbocycles. The largest absolute Gasteiger partial charge is 0.468 e. The highest BCUT2D eigenvalue weighted by atomic mass is 19.4. The number of aliphatic hydroxyl groups is 1. The molecule has 0 heterocycles. The zero-order valence-corrected chi connectivity index (χ0v) is 17.1. The Kier molecular flexibility index (Phi) is 10.5. The van der Waals surface area contributed by atoms with Crippen LogP contribution in [0, 0.1) is 5.92 Å². The average Bonchev–Trinajstić information content (AvgIpc) is 2.69. The van der Waals surface area contributed by atoms with Gasteiger partial charge in [0.05, 0.1) is 12.5 Å². The predicted molar refractivity (Wildman–Crippen MR) is 84.0 cm³/mol. The molecule has 204 valence electrons. The fourth-order valence-electron chi connectivity index (χ4n) is 2.59. The fourth-order valence-corrected chi connectivity index (χ4v) is 2.59. The first-order valence-corrected chi connectivity index (χ1v) is 9.05. The highest BCUT2D eigenvalue weighted by Crippen LogP contribution is 2.61. The number of hydrogen-bond acceptors (Lipinski definition) is 5. The van der Waals surface area contributed by atoms with Crippen molar-refractivity contribution in [2.24, 2.45) is 5.92 Å². The van der Waals surface area contributed by atoms with E-state index in [2.05, 4.69) is 14.2 Å².